The van der Waals surface area contributed by atoms with Crippen LogP contribution >= 0.6 is 11.6 Å². The van der Waals surface area contributed by atoms with E-state index in [9.17, 15) is 9.59 Å². The number of hydrogen-bond acceptors (Lipinski definition) is 5. The highest BCUT2D eigenvalue weighted by atomic mass is 35.5. The topological polar surface area (TPSA) is 89.4 Å². The maximum atomic E-state index is 13.6. The molecular formula is C25H30ClN5O3. The lowest BCUT2D eigenvalue weighted by Crippen LogP contribution is -2.51. The van der Waals surface area contributed by atoms with Crippen LogP contribution in [0.3, 0.4) is 0 Å². The third-order valence-electron chi connectivity index (χ3n) is 6.09. The molecule has 1 aliphatic rings. The summed E-state index contributed by atoms with van der Waals surface area (Å²) < 4.78 is 7.22. The van der Waals surface area contributed by atoms with E-state index in [2.05, 4.69) is 15.6 Å². The number of nitrogens with one attached hydrogen (secondary N) is 1. The fourth-order valence-corrected chi connectivity index (χ4v) is 4.47. The van der Waals surface area contributed by atoms with Gasteiger partial charge < -0.3 is 15.0 Å². The third-order valence-corrected chi connectivity index (χ3v) is 6.46. The monoisotopic (exact) mass is 483 g/mol. The summed E-state index contributed by atoms with van der Waals surface area (Å²) in [7, 11) is 0. The van der Waals surface area contributed by atoms with E-state index in [4.69, 9.17) is 16.3 Å². The van der Waals surface area contributed by atoms with Crippen LogP contribution in [0.25, 0.3) is 11.0 Å². The molecule has 2 heterocycles. The molecule has 2 atom stereocenters. The van der Waals surface area contributed by atoms with Gasteiger partial charge in [-0.2, -0.15) is 0 Å². The Morgan fingerprint density at radius 3 is 2.79 bits per heavy atom. The second-order valence-corrected chi connectivity index (χ2v) is 8.94. The molecule has 0 spiro atoms. The van der Waals surface area contributed by atoms with Crippen LogP contribution in [0.1, 0.15) is 38.2 Å². The first kappa shape index (κ1) is 24.2. The Balaban J connectivity index is 1.58. The number of halogens is 1. The van der Waals surface area contributed by atoms with Crippen molar-refractivity contribution in [1.82, 2.24) is 25.2 Å². The number of hydrogen-bond donors (Lipinski definition) is 1. The minimum Gasteiger partial charge on any atom is -0.376 e. The number of fused-ring (bicyclic) bond motifs is 1. The van der Waals surface area contributed by atoms with Crippen LogP contribution in [0.4, 0.5) is 0 Å². The summed E-state index contributed by atoms with van der Waals surface area (Å²) in [6, 6.07) is 14.2. The average Bonchev–Trinajstić information content (AvgIpc) is 3.51. The van der Waals surface area contributed by atoms with Crippen molar-refractivity contribution >= 4 is 34.4 Å². The molecule has 4 rings (SSSR count). The van der Waals surface area contributed by atoms with Crippen LogP contribution in [0.15, 0.2) is 48.5 Å². The minimum absolute atomic E-state index is 0.0236. The summed E-state index contributed by atoms with van der Waals surface area (Å²) >= 11 is 6.42. The first-order chi connectivity index (χ1) is 16.6. The predicted octanol–water partition coefficient (Wildman–Crippen LogP) is 3.58. The number of aromatic nitrogens is 3. The third kappa shape index (κ3) is 5.74. The smallest absolute Gasteiger partial charge is 0.245 e. The SMILES string of the molecule is CCCC(C(=O)NCC1CCCO1)N(Cc1ccccc1Cl)C(=O)Cn1nnc2ccccc21. The second-order valence-electron chi connectivity index (χ2n) is 8.53. The van der Waals surface area contributed by atoms with Crippen LogP contribution in [0.5, 0.6) is 0 Å². The van der Waals surface area contributed by atoms with Crippen molar-refractivity contribution in [2.24, 2.45) is 0 Å². The molecule has 0 saturated carbocycles. The Morgan fingerprint density at radius 1 is 1.24 bits per heavy atom. The van der Waals surface area contributed by atoms with Gasteiger partial charge in [0.05, 0.1) is 11.6 Å². The number of carbonyl (C=O) groups excluding carboxylic acids is 2. The maximum Gasteiger partial charge on any atom is 0.245 e. The molecule has 2 unspecified atom stereocenters. The number of carbonyl (C=O) groups is 2. The molecule has 0 aliphatic carbocycles. The minimum atomic E-state index is -0.634. The number of benzene rings is 2. The Labute approximate surface area is 204 Å². The zero-order valence-corrected chi connectivity index (χ0v) is 20.1. The van der Waals surface area contributed by atoms with Gasteiger partial charge in [-0.3, -0.25) is 9.59 Å². The molecule has 0 radical (unpaired) electrons. The quantitative estimate of drug-likeness (QED) is 0.476. The summed E-state index contributed by atoms with van der Waals surface area (Å²) in [6.07, 6.45) is 3.24. The molecule has 1 N–H and O–H groups in total. The lowest BCUT2D eigenvalue weighted by molar-refractivity contribution is -0.142. The van der Waals surface area contributed by atoms with Crippen molar-refractivity contribution in [3.05, 3.63) is 59.1 Å². The van der Waals surface area contributed by atoms with E-state index in [-0.39, 0.29) is 31.0 Å². The zero-order valence-electron chi connectivity index (χ0n) is 19.3. The van der Waals surface area contributed by atoms with Gasteiger partial charge in [0.2, 0.25) is 11.8 Å². The van der Waals surface area contributed by atoms with Gasteiger partial charge in [0.1, 0.15) is 18.1 Å². The number of amides is 2. The second kappa shape index (κ2) is 11.4. The molecule has 180 valence electrons. The van der Waals surface area contributed by atoms with Crippen molar-refractivity contribution in [3.8, 4) is 0 Å². The van der Waals surface area contributed by atoms with E-state index in [1.807, 2.05) is 49.4 Å². The van der Waals surface area contributed by atoms with Gasteiger partial charge in [-0.05, 0) is 43.0 Å². The van der Waals surface area contributed by atoms with E-state index in [0.29, 0.717) is 23.5 Å². The van der Waals surface area contributed by atoms with Gasteiger partial charge in [0, 0.05) is 24.7 Å². The van der Waals surface area contributed by atoms with Crippen LogP contribution in [-0.2, 0) is 27.4 Å². The largest absolute Gasteiger partial charge is 0.376 e. The van der Waals surface area contributed by atoms with Crippen molar-refractivity contribution < 1.29 is 14.3 Å². The van der Waals surface area contributed by atoms with E-state index < -0.39 is 6.04 Å². The zero-order chi connectivity index (χ0) is 23.9. The normalized spacial score (nSPS) is 16.5. The molecule has 34 heavy (non-hydrogen) atoms. The average molecular weight is 484 g/mol. The fourth-order valence-electron chi connectivity index (χ4n) is 4.27. The van der Waals surface area contributed by atoms with Crippen molar-refractivity contribution in [1.29, 1.82) is 0 Å². The molecule has 2 aromatic carbocycles. The summed E-state index contributed by atoms with van der Waals surface area (Å²) in [5, 5.41) is 11.9. The summed E-state index contributed by atoms with van der Waals surface area (Å²) in [5.41, 5.74) is 2.27. The Kier molecular flexibility index (Phi) is 8.13. The van der Waals surface area contributed by atoms with Gasteiger partial charge in [-0.25, -0.2) is 4.68 Å². The molecule has 1 saturated heterocycles. The first-order valence-electron chi connectivity index (χ1n) is 11.8. The van der Waals surface area contributed by atoms with Gasteiger partial charge in [-0.1, -0.05) is 60.5 Å². The lowest BCUT2D eigenvalue weighted by atomic mass is 10.1. The maximum absolute atomic E-state index is 13.6. The van der Waals surface area contributed by atoms with Crippen LogP contribution in [0.2, 0.25) is 5.02 Å². The number of ether oxygens (including phenoxy) is 1. The van der Waals surface area contributed by atoms with E-state index in [1.54, 1.807) is 15.6 Å². The molecule has 8 nitrogen and oxygen atoms in total. The highest BCUT2D eigenvalue weighted by Crippen LogP contribution is 2.21. The molecule has 2 amide bonds. The summed E-state index contributed by atoms with van der Waals surface area (Å²) in [4.78, 5) is 28.6. The van der Waals surface area contributed by atoms with Crippen molar-refractivity contribution in [3.63, 3.8) is 0 Å². The molecule has 0 bridgehead atoms. The predicted molar refractivity (Wildman–Crippen MR) is 130 cm³/mol. The van der Waals surface area contributed by atoms with E-state index in [1.165, 1.54) is 0 Å². The number of para-hydroxylation sites is 1. The van der Waals surface area contributed by atoms with Gasteiger partial charge in [-0.15, -0.1) is 5.10 Å². The van der Waals surface area contributed by atoms with Gasteiger partial charge >= 0.3 is 0 Å². The number of rotatable bonds is 10. The molecule has 1 aliphatic heterocycles. The summed E-state index contributed by atoms with van der Waals surface area (Å²) in [6.45, 7) is 3.37. The summed E-state index contributed by atoms with van der Waals surface area (Å²) in [5.74, 6) is -0.400. The molecule has 3 aromatic rings. The van der Waals surface area contributed by atoms with Gasteiger partial charge in [0.15, 0.2) is 0 Å². The molecule has 1 fully saturated rings. The molecule has 9 heteroatoms. The van der Waals surface area contributed by atoms with Crippen molar-refractivity contribution in [2.75, 3.05) is 13.2 Å². The first-order valence-corrected chi connectivity index (χ1v) is 12.1. The molecular weight excluding hydrogens is 454 g/mol. The fraction of sp³-hybridized carbons (Fsp3) is 0.440. The highest BCUT2D eigenvalue weighted by molar-refractivity contribution is 6.31. The standard InChI is InChI=1S/C25H30ClN5O3/c1-2-8-23(25(33)27-15-19-10-7-14-34-19)30(16-18-9-3-4-11-20(18)26)24(32)17-31-22-13-6-5-12-21(22)28-29-31/h3-6,9,11-13,19,23H,2,7-8,10,14-17H2,1H3,(H,27,33). The van der Waals surface area contributed by atoms with E-state index >= 15 is 0 Å². The van der Waals surface area contributed by atoms with Crippen LogP contribution < -0.4 is 5.32 Å². The highest BCUT2D eigenvalue weighted by Gasteiger charge is 2.31. The van der Waals surface area contributed by atoms with Crippen LogP contribution in [-0.4, -0.2) is 57.0 Å². The number of nitrogens with zero attached hydrogens (tertiary/aromatic N) is 4. The van der Waals surface area contributed by atoms with E-state index in [0.717, 1.165) is 36.9 Å². The van der Waals surface area contributed by atoms with Crippen LogP contribution in [0, 0.1) is 0 Å². The molecule has 1 aromatic heterocycles. The Hall–Kier alpha value is -2.97. The Bertz CT molecular complexity index is 1130. The lowest BCUT2D eigenvalue weighted by Gasteiger charge is -2.31. The van der Waals surface area contributed by atoms with Crippen molar-refractivity contribution in [2.45, 2.75) is 57.8 Å². The van der Waals surface area contributed by atoms with Gasteiger partial charge in [0.25, 0.3) is 0 Å². The Morgan fingerprint density at radius 2 is 2.03 bits per heavy atom.